The first-order valence-electron chi connectivity index (χ1n) is 17.5. The van der Waals surface area contributed by atoms with Crippen molar-refractivity contribution < 1.29 is 57.4 Å². The van der Waals surface area contributed by atoms with E-state index in [9.17, 15) is 24.3 Å². The van der Waals surface area contributed by atoms with Crippen molar-refractivity contribution >= 4 is 58.5 Å². The fourth-order valence-electron chi connectivity index (χ4n) is 6.37. The van der Waals surface area contributed by atoms with E-state index in [1.165, 1.54) is 31.9 Å². The van der Waals surface area contributed by atoms with Crippen LogP contribution >= 0.6 is 24.0 Å². The molecule has 9 unspecified atom stereocenters. The van der Waals surface area contributed by atoms with Crippen LogP contribution in [-0.4, -0.2) is 98.1 Å². The molecule has 5 rings (SSSR count). The Morgan fingerprint density at radius 1 is 0.855 bits per heavy atom. The van der Waals surface area contributed by atoms with E-state index in [-0.39, 0.29) is 42.7 Å². The summed E-state index contributed by atoms with van der Waals surface area (Å²) in [5.41, 5.74) is 3.03. The van der Waals surface area contributed by atoms with Gasteiger partial charge in [0.25, 0.3) is 0 Å². The van der Waals surface area contributed by atoms with Crippen LogP contribution in [0.5, 0.6) is 0 Å². The van der Waals surface area contributed by atoms with E-state index in [1.807, 2.05) is 42.5 Å². The number of aliphatic hydroxyl groups excluding tert-OH is 1. The van der Waals surface area contributed by atoms with Gasteiger partial charge in [-0.1, -0.05) is 67.3 Å². The van der Waals surface area contributed by atoms with Gasteiger partial charge in [0, 0.05) is 57.0 Å². The van der Waals surface area contributed by atoms with E-state index in [0.29, 0.717) is 22.2 Å². The van der Waals surface area contributed by atoms with Crippen LogP contribution in [0.25, 0.3) is 0 Å². The van der Waals surface area contributed by atoms with E-state index in [2.05, 4.69) is 27.4 Å². The first-order valence-corrected chi connectivity index (χ1v) is 18.9. The van der Waals surface area contributed by atoms with Crippen LogP contribution in [-0.2, 0) is 58.9 Å². The molecule has 3 N–H and O–H groups in total. The fourth-order valence-corrected chi connectivity index (χ4v) is 7.60. The minimum absolute atomic E-state index is 0.0422. The number of hydrogen-bond acceptors (Lipinski definition) is 16. The number of hydrogen-bond donors (Lipinski definition) is 3. The highest BCUT2D eigenvalue weighted by Gasteiger charge is 2.52. The molecule has 296 valence electrons. The lowest BCUT2D eigenvalue weighted by atomic mass is 9.91. The van der Waals surface area contributed by atoms with Crippen molar-refractivity contribution in [1.82, 2.24) is 15.2 Å². The average Bonchev–Trinajstić information content (AvgIpc) is 3.66. The zero-order chi connectivity index (χ0) is 39.6. The Kier molecular flexibility index (Phi) is 14.7. The maximum absolute atomic E-state index is 12.3. The number of anilines is 1. The van der Waals surface area contributed by atoms with E-state index in [1.54, 1.807) is 6.07 Å². The van der Waals surface area contributed by atoms with Crippen LogP contribution in [0.15, 0.2) is 60.0 Å². The number of aromatic amines is 1. The summed E-state index contributed by atoms with van der Waals surface area (Å²) in [7, 11) is 0. The largest absolute Gasteiger partial charge is 0.463 e. The monoisotopic (exact) mass is 800 g/mol. The van der Waals surface area contributed by atoms with Gasteiger partial charge in [0.15, 0.2) is 29.8 Å². The number of thioether (sulfide) groups is 1. The molecule has 1 aromatic heterocycles. The van der Waals surface area contributed by atoms with Crippen molar-refractivity contribution in [2.75, 3.05) is 17.7 Å². The molecule has 3 aromatic rings. The second kappa shape index (κ2) is 19.4. The third kappa shape index (κ3) is 11.5. The second-order valence-electron chi connectivity index (χ2n) is 13.0. The molecule has 0 saturated carbocycles. The van der Waals surface area contributed by atoms with E-state index in [4.69, 9.17) is 45.4 Å². The number of carbonyl (C=O) groups excluding carboxylic acids is 4. The Bertz CT molecular complexity index is 1800. The summed E-state index contributed by atoms with van der Waals surface area (Å²) in [6.45, 7) is 6.35. The summed E-state index contributed by atoms with van der Waals surface area (Å²) in [6, 6.07) is 15.0. The minimum Gasteiger partial charge on any atom is -0.463 e. The number of aromatic nitrogens is 3. The standard InChI is InChI=1S/C37H44N4O12S2/c1-19-30(17-55-37-38-18-39-41-37)52-36(53-32(19)25-11-9-24(15-42)10-12-25)26-7-6-8-27(13-26)40-31(54)14-28-33(48-21(3)44)35(50-23(5)46)34(49-22(4)45)29(51-28)16-47-20(2)43/h6-13,18-19,28-30,32-36,42H,14-17H2,1-5H3,(H,40,54)(H,38,39,41). The van der Waals surface area contributed by atoms with Crippen LogP contribution < -0.4 is 5.32 Å². The van der Waals surface area contributed by atoms with Crippen molar-refractivity contribution in [1.29, 1.82) is 0 Å². The molecule has 16 nitrogen and oxygen atoms in total. The number of H-pyrrole nitrogens is 1. The van der Waals surface area contributed by atoms with Gasteiger partial charge in [0.1, 0.15) is 25.1 Å². The molecule has 2 aromatic carbocycles. The number of thiocarbonyl (C=S) groups is 1. The molecular formula is C37H44N4O12S2. The molecule has 2 aliphatic rings. The molecule has 2 fully saturated rings. The van der Waals surface area contributed by atoms with Crippen LogP contribution in [0.4, 0.5) is 5.69 Å². The summed E-state index contributed by atoms with van der Waals surface area (Å²) in [6.07, 6.45) is -5.89. The van der Waals surface area contributed by atoms with Crippen molar-refractivity contribution in [3.8, 4) is 0 Å². The maximum atomic E-state index is 12.3. The van der Waals surface area contributed by atoms with Gasteiger partial charge in [-0.05, 0) is 23.3 Å². The van der Waals surface area contributed by atoms with Gasteiger partial charge in [-0.3, -0.25) is 24.3 Å². The van der Waals surface area contributed by atoms with Crippen LogP contribution in [0.1, 0.15) is 70.1 Å². The summed E-state index contributed by atoms with van der Waals surface area (Å²) in [5, 5.41) is 20.3. The number of nitrogens with zero attached hydrogens (tertiary/aromatic N) is 2. The highest BCUT2D eigenvalue weighted by molar-refractivity contribution is 7.99. The van der Waals surface area contributed by atoms with Gasteiger partial charge < -0.3 is 43.6 Å². The molecule has 0 radical (unpaired) electrons. The summed E-state index contributed by atoms with van der Waals surface area (Å²) in [4.78, 5) is 52.8. The lowest BCUT2D eigenvalue weighted by Gasteiger charge is -2.44. The topological polar surface area (TPSA) is 207 Å². The highest BCUT2D eigenvalue weighted by Crippen LogP contribution is 2.43. The lowest BCUT2D eigenvalue weighted by Crippen LogP contribution is -2.62. The maximum Gasteiger partial charge on any atom is 0.303 e. The Balaban J connectivity index is 1.36. The molecule has 2 saturated heterocycles. The zero-order valence-corrected chi connectivity index (χ0v) is 32.5. The minimum atomic E-state index is -1.30. The first-order chi connectivity index (χ1) is 26.3. The lowest BCUT2D eigenvalue weighted by molar-refractivity contribution is -0.268. The number of esters is 4. The first kappa shape index (κ1) is 41.7. The fraction of sp³-hybridized carbons (Fsp3) is 0.486. The highest BCUT2D eigenvalue weighted by atomic mass is 32.2. The summed E-state index contributed by atoms with van der Waals surface area (Å²) >= 11 is 7.25. The zero-order valence-electron chi connectivity index (χ0n) is 30.9. The summed E-state index contributed by atoms with van der Waals surface area (Å²) in [5.74, 6) is -2.25. The van der Waals surface area contributed by atoms with E-state index in [0.717, 1.165) is 25.0 Å². The third-order valence-corrected chi connectivity index (χ3v) is 10.1. The van der Waals surface area contributed by atoms with Gasteiger partial charge in [-0.2, -0.15) is 5.10 Å². The second-order valence-corrected chi connectivity index (χ2v) is 14.5. The number of ether oxygens (including phenoxy) is 7. The molecule has 0 aliphatic carbocycles. The molecule has 9 atom stereocenters. The average molecular weight is 801 g/mol. The SMILES string of the molecule is CC(=O)OCC1OC(CC(=S)Nc2cccc(C3OC(CSc4ncn[nH]4)C(C)C(c4ccc(CO)cc4)O3)c2)C(OC(C)=O)C(OC(C)=O)C1OC(C)=O. The van der Waals surface area contributed by atoms with Gasteiger partial charge in [0.05, 0.1) is 23.8 Å². The molecule has 55 heavy (non-hydrogen) atoms. The molecule has 0 spiro atoms. The van der Waals surface area contributed by atoms with Crippen molar-refractivity contribution in [2.45, 2.75) is 102 Å². The normalized spacial score (nSPS) is 26.3. The third-order valence-electron chi connectivity index (χ3n) is 8.82. The van der Waals surface area contributed by atoms with Crippen molar-refractivity contribution in [3.05, 3.63) is 71.5 Å². The molecule has 2 aliphatic heterocycles. The number of carbonyl (C=O) groups is 4. The molecule has 0 bridgehead atoms. The predicted octanol–water partition coefficient (Wildman–Crippen LogP) is 4.14. The van der Waals surface area contributed by atoms with Gasteiger partial charge in [0.2, 0.25) is 0 Å². The molecule has 0 amide bonds. The Hall–Kier alpha value is -4.46. The Morgan fingerprint density at radius 2 is 1.53 bits per heavy atom. The number of nitrogens with one attached hydrogen (secondary N) is 2. The van der Waals surface area contributed by atoms with E-state index >= 15 is 0 Å². The Morgan fingerprint density at radius 3 is 2.15 bits per heavy atom. The molecule has 18 heteroatoms. The molecular weight excluding hydrogens is 757 g/mol. The predicted molar refractivity (Wildman–Crippen MR) is 199 cm³/mol. The van der Waals surface area contributed by atoms with E-state index < -0.39 is 60.7 Å². The van der Waals surface area contributed by atoms with Crippen molar-refractivity contribution in [2.24, 2.45) is 5.92 Å². The Labute approximate surface area is 327 Å². The van der Waals surface area contributed by atoms with Gasteiger partial charge >= 0.3 is 23.9 Å². The van der Waals surface area contributed by atoms with Gasteiger partial charge in [-0.25, -0.2) is 4.98 Å². The van der Waals surface area contributed by atoms with Crippen LogP contribution in [0.3, 0.4) is 0 Å². The van der Waals surface area contributed by atoms with Gasteiger partial charge in [-0.15, -0.1) is 0 Å². The number of benzene rings is 2. The van der Waals surface area contributed by atoms with Crippen LogP contribution in [0, 0.1) is 5.92 Å². The smallest absolute Gasteiger partial charge is 0.303 e. The number of aliphatic hydroxyl groups is 1. The van der Waals surface area contributed by atoms with Crippen molar-refractivity contribution in [3.63, 3.8) is 0 Å². The summed E-state index contributed by atoms with van der Waals surface area (Å²) < 4.78 is 41.2. The quantitative estimate of drug-likeness (QED) is 0.0907. The molecule has 3 heterocycles. The van der Waals surface area contributed by atoms with Crippen LogP contribution in [0.2, 0.25) is 0 Å². The number of rotatable bonds is 14.